The fourth-order valence-corrected chi connectivity index (χ4v) is 0.720. The molecule has 0 saturated heterocycles. The highest BCUT2D eigenvalue weighted by atomic mass is 14.8. The smallest absolute Gasteiger partial charge is 0.0600 e. The highest BCUT2D eigenvalue weighted by Gasteiger charge is 2.02. The maximum Gasteiger partial charge on any atom is 0.0600 e. The summed E-state index contributed by atoms with van der Waals surface area (Å²) in [6.07, 6.45) is 1.03. The molecule has 1 nitrogen and oxygen atoms in total. The molecule has 1 rings (SSSR count). The van der Waals surface area contributed by atoms with Crippen molar-refractivity contribution < 1.29 is 0 Å². The van der Waals surface area contributed by atoms with Gasteiger partial charge in [-0.15, -0.1) is 0 Å². The molecule has 0 unspecified atom stereocenters. The quantitative estimate of drug-likeness (QED) is 0.403. The van der Waals surface area contributed by atoms with E-state index in [9.17, 15) is 0 Å². The largest absolute Gasteiger partial charge is 0.290 e. The summed E-state index contributed by atoms with van der Waals surface area (Å²) in [6.45, 7) is 6.70. The topological polar surface area (TPSA) is 12.4 Å². The van der Waals surface area contributed by atoms with Gasteiger partial charge in [-0.2, -0.15) is 0 Å². The monoisotopic (exact) mass is 95.1 g/mol. The minimum Gasteiger partial charge on any atom is -0.290 e. The van der Waals surface area contributed by atoms with Crippen LogP contribution < -0.4 is 0 Å². The van der Waals surface area contributed by atoms with Crippen LogP contribution >= 0.6 is 0 Å². The molecule has 0 aromatic rings. The second-order valence-electron chi connectivity index (χ2n) is 1.98. The lowest BCUT2D eigenvalue weighted by Crippen LogP contribution is -1.80. The van der Waals surface area contributed by atoms with E-state index < -0.39 is 0 Å². The maximum atomic E-state index is 4.13. The molecule has 0 aliphatic carbocycles. The van der Waals surface area contributed by atoms with Crippen LogP contribution in [0.4, 0.5) is 0 Å². The lowest BCUT2D eigenvalue weighted by molar-refractivity contribution is 1.20. The van der Waals surface area contributed by atoms with Crippen molar-refractivity contribution in [2.45, 2.75) is 13.3 Å². The molecule has 1 heterocycles. The van der Waals surface area contributed by atoms with Crippen molar-refractivity contribution in [1.82, 2.24) is 0 Å². The summed E-state index contributed by atoms with van der Waals surface area (Å²) in [5.74, 6) is 0. The zero-order valence-corrected chi connectivity index (χ0v) is 4.57. The van der Waals surface area contributed by atoms with Crippen LogP contribution in [0.15, 0.2) is 17.1 Å². The first kappa shape index (κ1) is 4.57. The van der Waals surface area contributed by atoms with E-state index in [0.29, 0.717) is 0 Å². The minimum atomic E-state index is 0.867. The third kappa shape index (κ3) is 0.889. The number of hydrogen-bond donors (Lipinski definition) is 0. The Hall–Kier alpha value is -0.590. The molecule has 0 spiro atoms. The fourth-order valence-electron chi connectivity index (χ4n) is 0.720. The summed E-state index contributed by atoms with van der Waals surface area (Å²) < 4.78 is 0. The van der Waals surface area contributed by atoms with Crippen molar-refractivity contribution in [3.63, 3.8) is 0 Å². The van der Waals surface area contributed by atoms with E-state index in [0.717, 1.165) is 13.0 Å². The van der Waals surface area contributed by atoms with Crippen LogP contribution in [0.25, 0.3) is 0 Å². The van der Waals surface area contributed by atoms with Gasteiger partial charge in [0.25, 0.3) is 0 Å². The average Bonchev–Trinajstić information content (AvgIpc) is 1.87. The first-order chi connectivity index (χ1) is 3.29. The molecule has 7 heavy (non-hydrogen) atoms. The maximum absolute atomic E-state index is 4.13. The van der Waals surface area contributed by atoms with Crippen LogP contribution in [0.5, 0.6) is 0 Å². The van der Waals surface area contributed by atoms with Gasteiger partial charge in [0.05, 0.1) is 6.54 Å². The number of rotatable bonds is 0. The van der Waals surface area contributed by atoms with Crippen LogP contribution in [-0.4, -0.2) is 12.3 Å². The lowest BCUT2D eigenvalue weighted by atomic mass is 10.2. The zero-order valence-electron chi connectivity index (χ0n) is 4.57. The van der Waals surface area contributed by atoms with E-state index in [1.54, 1.807) is 0 Å². The summed E-state index contributed by atoms with van der Waals surface area (Å²) in [5.41, 5.74) is 2.47. The van der Waals surface area contributed by atoms with Crippen molar-refractivity contribution in [1.29, 1.82) is 0 Å². The van der Waals surface area contributed by atoms with Gasteiger partial charge in [0, 0.05) is 12.1 Å². The van der Waals surface area contributed by atoms with Gasteiger partial charge in [-0.3, -0.25) is 4.99 Å². The van der Waals surface area contributed by atoms with Gasteiger partial charge in [0.15, 0.2) is 0 Å². The van der Waals surface area contributed by atoms with Crippen LogP contribution in [0.2, 0.25) is 0 Å². The molecule has 0 atom stereocenters. The van der Waals surface area contributed by atoms with E-state index in [2.05, 4.69) is 11.6 Å². The predicted octanol–water partition coefficient (Wildman–Crippen LogP) is 1.41. The Bertz CT molecular complexity index is 122. The molecule has 0 saturated carbocycles. The predicted molar refractivity (Wildman–Crippen MR) is 31.7 cm³/mol. The van der Waals surface area contributed by atoms with Crippen molar-refractivity contribution >= 4 is 5.71 Å². The molecule has 0 aromatic heterocycles. The van der Waals surface area contributed by atoms with Gasteiger partial charge in [0.2, 0.25) is 0 Å². The Morgan fingerprint density at radius 1 is 1.71 bits per heavy atom. The fraction of sp³-hybridized carbons (Fsp3) is 0.500. The summed E-state index contributed by atoms with van der Waals surface area (Å²) in [7, 11) is 0. The average molecular weight is 95.1 g/mol. The third-order valence-electron chi connectivity index (χ3n) is 1.08. The van der Waals surface area contributed by atoms with Gasteiger partial charge in [-0.25, -0.2) is 0 Å². The Balaban J connectivity index is 2.58. The first-order valence-corrected chi connectivity index (χ1v) is 2.45. The summed E-state index contributed by atoms with van der Waals surface area (Å²) in [6, 6.07) is 0. The highest BCUT2D eigenvalue weighted by molar-refractivity contribution is 5.86. The van der Waals surface area contributed by atoms with Gasteiger partial charge >= 0.3 is 0 Å². The molecule has 0 amide bonds. The molecule has 0 radical (unpaired) electrons. The lowest BCUT2D eigenvalue weighted by Gasteiger charge is -1.82. The molecular formula is C6H9N. The van der Waals surface area contributed by atoms with Crippen LogP contribution in [0, 0.1) is 0 Å². The normalized spacial score (nSPS) is 20.1. The Labute approximate surface area is 43.8 Å². The Kier molecular flexibility index (Phi) is 0.970. The highest BCUT2D eigenvalue weighted by Crippen LogP contribution is 2.07. The van der Waals surface area contributed by atoms with E-state index in [4.69, 9.17) is 0 Å². The summed E-state index contributed by atoms with van der Waals surface area (Å²) in [5, 5.41) is 0. The molecule has 38 valence electrons. The standard InChI is InChI=1S/C6H9N/c1-5-3-6(2)7-4-5/h1,3-4H2,2H3. The Morgan fingerprint density at radius 2 is 2.43 bits per heavy atom. The van der Waals surface area contributed by atoms with Crippen LogP contribution in [0.3, 0.4) is 0 Å². The summed E-state index contributed by atoms with van der Waals surface area (Å²) in [4.78, 5) is 4.13. The molecular weight excluding hydrogens is 86.1 g/mol. The number of nitrogens with zero attached hydrogens (tertiary/aromatic N) is 1. The summed E-state index contributed by atoms with van der Waals surface area (Å²) >= 11 is 0. The van der Waals surface area contributed by atoms with Gasteiger partial charge in [-0.1, -0.05) is 12.2 Å². The molecule has 0 bridgehead atoms. The minimum absolute atomic E-state index is 0.867. The zero-order chi connectivity index (χ0) is 5.28. The van der Waals surface area contributed by atoms with Crippen molar-refractivity contribution in [3.8, 4) is 0 Å². The van der Waals surface area contributed by atoms with Gasteiger partial charge in [0.1, 0.15) is 0 Å². The molecule has 1 heteroatoms. The second kappa shape index (κ2) is 1.49. The second-order valence-corrected chi connectivity index (χ2v) is 1.98. The van der Waals surface area contributed by atoms with Crippen LogP contribution in [-0.2, 0) is 0 Å². The molecule has 0 fully saturated rings. The van der Waals surface area contributed by atoms with E-state index in [1.807, 2.05) is 6.92 Å². The molecule has 1 aliphatic rings. The SMILES string of the molecule is C=C1CN=C(C)C1. The molecule has 1 aliphatic heterocycles. The first-order valence-electron chi connectivity index (χ1n) is 2.45. The van der Waals surface area contributed by atoms with Crippen molar-refractivity contribution in [2.24, 2.45) is 4.99 Å². The van der Waals surface area contributed by atoms with Crippen molar-refractivity contribution in [3.05, 3.63) is 12.2 Å². The van der Waals surface area contributed by atoms with Gasteiger partial charge in [-0.05, 0) is 6.92 Å². The Morgan fingerprint density at radius 3 is 2.57 bits per heavy atom. The molecule has 0 aromatic carbocycles. The van der Waals surface area contributed by atoms with E-state index in [1.165, 1.54) is 11.3 Å². The van der Waals surface area contributed by atoms with E-state index >= 15 is 0 Å². The van der Waals surface area contributed by atoms with Crippen LogP contribution in [0.1, 0.15) is 13.3 Å². The molecule has 0 N–H and O–H groups in total. The van der Waals surface area contributed by atoms with Gasteiger partial charge < -0.3 is 0 Å². The number of aliphatic imine (C=N–C) groups is 1. The van der Waals surface area contributed by atoms with Crippen molar-refractivity contribution in [2.75, 3.05) is 6.54 Å². The third-order valence-corrected chi connectivity index (χ3v) is 1.08. The number of hydrogen-bond acceptors (Lipinski definition) is 1. The van der Waals surface area contributed by atoms with E-state index in [-0.39, 0.29) is 0 Å².